The Balaban J connectivity index is 3.20. The highest BCUT2D eigenvalue weighted by molar-refractivity contribution is 8.04. The highest BCUT2D eigenvalue weighted by Crippen LogP contribution is 2.35. The molecule has 0 atom stereocenters. The number of hydrogen-bond acceptors (Lipinski definition) is 4. The minimum atomic E-state index is -4.65. The van der Waals surface area contributed by atoms with Crippen LogP contribution >= 0.6 is 35.0 Å². The summed E-state index contributed by atoms with van der Waals surface area (Å²) in [6, 6.07) is 1.57. The molecule has 4 nitrogen and oxygen atoms in total. The molecule has 1 aromatic rings. The van der Waals surface area contributed by atoms with Crippen molar-refractivity contribution in [1.82, 2.24) is 14.8 Å². The number of alkyl halides is 3. The van der Waals surface area contributed by atoms with Crippen LogP contribution in [0.2, 0.25) is 0 Å². The van der Waals surface area contributed by atoms with Gasteiger partial charge in [-0.3, -0.25) is 4.57 Å². The van der Waals surface area contributed by atoms with Gasteiger partial charge in [0, 0.05) is 6.54 Å². The molecule has 0 N–H and O–H groups in total. The molecular weight excluding hydrogens is 324 g/mol. The van der Waals surface area contributed by atoms with Crippen molar-refractivity contribution in [2.24, 2.45) is 0 Å². The molecule has 0 aromatic carbocycles. The standard InChI is InChI=1S/C9H5Cl2F3N4S/c1-2-3-18-7(9(12,13)14)16-17-8(18)19-6(11)5(10)4-15/h2H,1,3H2. The van der Waals surface area contributed by atoms with E-state index in [1.54, 1.807) is 6.07 Å². The normalized spacial score (nSPS) is 12.8. The van der Waals surface area contributed by atoms with Gasteiger partial charge in [-0.05, 0) is 11.8 Å². The zero-order valence-corrected chi connectivity index (χ0v) is 11.4. The van der Waals surface area contributed by atoms with Crippen LogP contribution in [0, 0.1) is 11.3 Å². The summed E-state index contributed by atoms with van der Waals surface area (Å²) >= 11 is 11.7. The second-order valence-electron chi connectivity index (χ2n) is 3.00. The number of nitrogens with zero attached hydrogens (tertiary/aromatic N) is 4. The first-order valence-corrected chi connectivity index (χ1v) is 6.13. The Bertz CT molecular complexity index is 559. The number of thioether (sulfide) groups is 1. The monoisotopic (exact) mass is 328 g/mol. The van der Waals surface area contributed by atoms with E-state index in [1.807, 2.05) is 0 Å². The number of halogens is 5. The molecule has 0 aliphatic heterocycles. The van der Waals surface area contributed by atoms with Gasteiger partial charge in [-0.1, -0.05) is 29.3 Å². The molecule has 102 valence electrons. The molecule has 19 heavy (non-hydrogen) atoms. The lowest BCUT2D eigenvalue weighted by atomic mass is 10.5. The lowest BCUT2D eigenvalue weighted by Gasteiger charge is -2.09. The summed E-state index contributed by atoms with van der Waals surface area (Å²) in [6.45, 7) is 3.20. The van der Waals surface area contributed by atoms with E-state index in [9.17, 15) is 13.2 Å². The molecule has 0 aliphatic carbocycles. The molecule has 1 heterocycles. The Labute approximate surface area is 120 Å². The molecule has 0 saturated heterocycles. The average molecular weight is 329 g/mol. The largest absolute Gasteiger partial charge is 0.451 e. The summed E-state index contributed by atoms with van der Waals surface area (Å²) in [5.74, 6) is -1.17. The van der Waals surface area contributed by atoms with Crippen molar-refractivity contribution >= 4 is 35.0 Å². The molecule has 0 saturated carbocycles. The lowest BCUT2D eigenvalue weighted by Crippen LogP contribution is -2.15. The Kier molecular flexibility index (Phi) is 5.29. The Morgan fingerprint density at radius 3 is 2.58 bits per heavy atom. The summed E-state index contributed by atoms with van der Waals surface area (Å²) in [7, 11) is 0. The van der Waals surface area contributed by atoms with Gasteiger partial charge >= 0.3 is 6.18 Å². The molecule has 0 radical (unpaired) electrons. The molecule has 0 fully saturated rings. The molecule has 0 unspecified atom stereocenters. The van der Waals surface area contributed by atoms with Crippen molar-refractivity contribution in [3.8, 4) is 6.07 Å². The Hall–Kier alpha value is -1.17. The van der Waals surface area contributed by atoms with Crippen molar-refractivity contribution in [1.29, 1.82) is 5.26 Å². The van der Waals surface area contributed by atoms with Crippen LogP contribution in [0.4, 0.5) is 13.2 Å². The predicted octanol–water partition coefficient (Wildman–Crippen LogP) is 3.75. The Morgan fingerprint density at radius 1 is 1.47 bits per heavy atom. The maximum Gasteiger partial charge on any atom is 0.451 e. The maximum atomic E-state index is 12.7. The first kappa shape index (κ1) is 15.9. The third kappa shape index (κ3) is 3.89. The number of nitriles is 1. The second-order valence-corrected chi connectivity index (χ2v) is 4.96. The van der Waals surface area contributed by atoms with E-state index >= 15 is 0 Å². The fourth-order valence-electron chi connectivity index (χ4n) is 1.04. The minimum Gasteiger partial charge on any atom is -0.294 e. The minimum absolute atomic E-state index is 0.134. The highest BCUT2D eigenvalue weighted by atomic mass is 35.5. The number of rotatable bonds is 4. The summed E-state index contributed by atoms with van der Waals surface area (Å²) < 4.78 is 38.6. The van der Waals surface area contributed by atoms with E-state index < -0.39 is 12.0 Å². The van der Waals surface area contributed by atoms with Gasteiger partial charge in [0.15, 0.2) is 5.16 Å². The average Bonchev–Trinajstić information content (AvgIpc) is 2.71. The van der Waals surface area contributed by atoms with Gasteiger partial charge in [0.25, 0.3) is 0 Å². The summed E-state index contributed by atoms with van der Waals surface area (Å²) in [4.78, 5) is 0. The van der Waals surface area contributed by atoms with Crippen LogP contribution in [-0.2, 0) is 12.7 Å². The molecule has 1 rings (SSSR count). The lowest BCUT2D eigenvalue weighted by molar-refractivity contribution is -0.147. The van der Waals surface area contributed by atoms with Crippen molar-refractivity contribution in [2.45, 2.75) is 17.9 Å². The smallest absolute Gasteiger partial charge is 0.294 e. The summed E-state index contributed by atoms with van der Waals surface area (Å²) in [6.07, 6.45) is -3.39. The van der Waals surface area contributed by atoms with Gasteiger partial charge in [-0.2, -0.15) is 18.4 Å². The zero-order chi connectivity index (χ0) is 14.6. The van der Waals surface area contributed by atoms with Crippen molar-refractivity contribution < 1.29 is 13.2 Å². The van der Waals surface area contributed by atoms with E-state index in [0.717, 1.165) is 4.57 Å². The summed E-state index contributed by atoms with van der Waals surface area (Å²) in [5, 5.41) is 14.5. The van der Waals surface area contributed by atoms with Gasteiger partial charge in [0.1, 0.15) is 15.5 Å². The predicted molar refractivity (Wildman–Crippen MR) is 65.4 cm³/mol. The number of allylic oxidation sites excluding steroid dienone is 2. The maximum absolute atomic E-state index is 12.7. The fraction of sp³-hybridized carbons (Fsp3) is 0.222. The van der Waals surface area contributed by atoms with Gasteiger partial charge in [-0.15, -0.1) is 16.8 Å². The molecule has 10 heteroatoms. The molecule has 0 bridgehead atoms. The van der Waals surface area contributed by atoms with E-state index in [4.69, 9.17) is 28.5 Å². The molecule has 0 spiro atoms. The van der Waals surface area contributed by atoms with Crippen LogP contribution < -0.4 is 0 Å². The molecule has 0 amide bonds. The van der Waals surface area contributed by atoms with E-state index in [0.29, 0.717) is 11.8 Å². The quantitative estimate of drug-likeness (QED) is 0.480. The van der Waals surface area contributed by atoms with Gasteiger partial charge in [0.05, 0.1) is 0 Å². The first-order chi connectivity index (χ1) is 8.81. The number of aromatic nitrogens is 3. The third-order valence-corrected chi connectivity index (χ3v) is 3.50. The van der Waals surface area contributed by atoms with Crippen LogP contribution in [0.1, 0.15) is 5.82 Å². The number of hydrogen-bond donors (Lipinski definition) is 0. The Morgan fingerprint density at radius 2 is 2.11 bits per heavy atom. The highest BCUT2D eigenvalue weighted by Gasteiger charge is 2.38. The van der Waals surface area contributed by atoms with Gasteiger partial charge < -0.3 is 0 Å². The van der Waals surface area contributed by atoms with Gasteiger partial charge in [-0.25, -0.2) is 0 Å². The van der Waals surface area contributed by atoms with Crippen molar-refractivity contribution in [3.05, 3.63) is 27.9 Å². The van der Waals surface area contributed by atoms with Crippen LogP contribution in [-0.4, -0.2) is 14.8 Å². The SMILES string of the molecule is C=CCn1c(SC(Cl)=C(Cl)C#N)nnc1C(F)(F)F. The van der Waals surface area contributed by atoms with E-state index in [-0.39, 0.29) is 21.1 Å². The zero-order valence-electron chi connectivity index (χ0n) is 9.08. The van der Waals surface area contributed by atoms with Gasteiger partial charge in [0.2, 0.25) is 5.82 Å². The van der Waals surface area contributed by atoms with Crippen molar-refractivity contribution in [3.63, 3.8) is 0 Å². The molecular formula is C9H5Cl2F3N4S. The van der Waals surface area contributed by atoms with Crippen LogP contribution in [0.25, 0.3) is 0 Å². The first-order valence-electron chi connectivity index (χ1n) is 4.55. The topological polar surface area (TPSA) is 54.5 Å². The third-order valence-electron chi connectivity index (χ3n) is 1.73. The van der Waals surface area contributed by atoms with Crippen molar-refractivity contribution in [2.75, 3.05) is 0 Å². The molecule has 1 aromatic heterocycles. The van der Waals surface area contributed by atoms with E-state index in [1.165, 1.54) is 6.08 Å². The summed E-state index contributed by atoms with van der Waals surface area (Å²) in [5.41, 5.74) is 0. The van der Waals surface area contributed by atoms with Crippen LogP contribution in [0.5, 0.6) is 0 Å². The second kappa shape index (κ2) is 6.32. The van der Waals surface area contributed by atoms with E-state index in [2.05, 4.69) is 16.8 Å². The molecule has 0 aliphatic rings. The van der Waals surface area contributed by atoms with Crippen LogP contribution in [0.15, 0.2) is 27.2 Å². The fourth-order valence-corrected chi connectivity index (χ4v) is 2.05. The van der Waals surface area contributed by atoms with Crippen LogP contribution in [0.3, 0.4) is 0 Å².